The molecule has 16 heavy (non-hydrogen) atoms. The average Bonchev–Trinajstić information content (AvgIpc) is 2.33. The molecular weight excluding hydrogens is 194 g/mol. The summed E-state index contributed by atoms with van der Waals surface area (Å²) in [5.41, 5.74) is 9.86. The number of hydrogen-bond donors (Lipinski definition) is 1. The van der Waals surface area contributed by atoms with Gasteiger partial charge in [0.1, 0.15) is 0 Å². The minimum Gasteiger partial charge on any atom is -0.399 e. The highest BCUT2D eigenvalue weighted by molar-refractivity contribution is 5.41. The maximum absolute atomic E-state index is 5.64. The Morgan fingerprint density at radius 2 is 1.38 bits per heavy atom. The maximum Gasteiger partial charge on any atom is 0.0314 e. The summed E-state index contributed by atoms with van der Waals surface area (Å²) >= 11 is 0. The molecule has 0 heterocycles. The standard InChI is InChI=1S/C15H13N/c1-2-12-3-5-13(6-4-12)11-14-7-9-15(16)10-8-14/h1,3-10H,11,16H2. The van der Waals surface area contributed by atoms with Gasteiger partial charge >= 0.3 is 0 Å². The smallest absolute Gasteiger partial charge is 0.0314 e. The molecule has 0 unspecified atom stereocenters. The molecule has 0 fully saturated rings. The minimum atomic E-state index is 0.798. The molecule has 0 saturated heterocycles. The molecule has 78 valence electrons. The van der Waals surface area contributed by atoms with Crippen molar-refractivity contribution in [1.82, 2.24) is 0 Å². The Bertz CT molecular complexity index is 501. The lowest BCUT2D eigenvalue weighted by atomic mass is 10.0. The molecule has 0 aliphatic rings. The van der Waals surface area contributed by atoms with Crippen molar-refractivity contribution in [1.29, 1.82) is 0 Å². The van der Waals surface area contributed by atoms with E-state index in [0.29, 0.717) is 0 Å². The molecule has 1 heteroatoms. The van der Waals surface area contributed by atoms with Crippen LogP contribution in [-0.4, -0.2) is 0 Å². The number of terminal acetylenes is 1. The van der Waals surface area contributed by atoms with Crippen LogP contribution >= 0.6 is 0 Å². The summed E-state index contributed by atoms with van der Waals surface area (Å²) in [4.78, 5) is 0. The fraction of sp³-hybridized carbons (Fsp3) is 0.0667. The van der Waals surface area contributed by atoms with E-state index in [1.54, 1.807) is 0 Å². The van der Waals surface area contributed by atoms with Gasteiger partial charge in [-0.1, -0.05) is 30.2 Å². The van der Waals surface area contributed by atoms with Crippen LogP contribution in [0.4, 0.5) is 5.69 Å². The summed E-state index contributed by atoms with van der Waals surface area (Å²) in [7, 11) is 0. The highest BCUT2D eigenvalue weighted by Gasteiger charge is 1.96. The van der Waals surface area contributed by atoms with Gasteiger partial charge < -0.3 is 5.73 Å². The van der Waals surface area contributed by atoms with E-state index in [2.05, 4.69) is 18.1 Å². The first-order chi connectivity index (χ1) is 7.78. The van der Waals surface area contributed by atoms with E-state index < -0.39 is 0 Å². The Labute approximate surface area is 95.9 Å². The zero-order valence-electron chi connectivity index (χ0n) is 8.98. The molecule has 0 atom stereocenters. The molecule has 0 saturated carbocycles. The molecule has 0 bridgehead atoms. The maximum atomic E-state index is 5.64. The van der Waals surface area contributed by atoms with Gasteiger partial charge in [0.05, 0.1) is 0 Å². The lowest BCUT2D eigenvalue weighted by molar-refractivity contribution is 1.19. The number of rotatable bonds is 2. The van der Waals surface area contributed by atoms with E-state index >= 15 is 0 Å². The number of anilines is 1. The largest absolute Gasteiger partial charge is 0.399 e. The van der Waals surface area contributed by atoms with Crippen molar-refractivity contribution >= 4 is 5.69 Å². The van der Waals surface area contributed by atoms with Gasteiger partial charge in [-0.15, -0.1) is 6.42 Å². The van der Waals surface area contributed by atoms with Crippen LogP contribution in [0.15, 0.2) is 48.5 Å². The topological polar surface area (TPSA) is 26.0 Å². The van der Waals surface area contributed by atoms with Crippen molar-refractivity contribution in [3.63, 3.8) is 0 Å². The summed E-state index contributed by atoms with van der Waals surface area (Å²) in [6.07, 6.45) is 6.21. The Morgan fingerprint density at radius 1 is 0.875 bits per heavy atom. The summed E-state index contributed by atoms with van der Waals surface area (Å²) in [6, 6.07) is 16.0. The van der Waals surface area contributed by atoms with Crippen LogP contribution in [0.1, 0.15) is 16.7 Å². The van der Waals surface area contributed by atoms with E-state index in [1.165, 1.54) is 11.1 Å². The van der Waals surface area contributed by atoms with E-state index in [0.717, 1.165) is 17.7 Å². The van der Waals surface area contributed by atoms with Crippen molar-refractivity contribution in [3.05, 3.63) is 65.2 Å². The summed E-state index contributed by atoms with van der Waals surface area (Å²) < 4.78 is 0. The lowest BCUT2D eigenvalue weighted by Gasteiger charge is -2.02. The first-order valence-corrected chi connectivity index (χ1v) is 5.18. The van der Waals surface area contributed by atoms with Crippen LogP contribution in [0.25, 0.3) is 0 Å². The quantitative estimate of drug-likeness (QED) is 0.594. The van der Waals surface area contributed by atoms with Crippen LogP contribution in [0.5, 0.6) is 0 Å². The van der Waals surface area contributed by atoms with Gasteiger partial charge in [-0.25, -0.2) is 0 Å². The van der Waals surface area contributed by atoms with Crippen molar-refractivity contribution < 1.29 is 0 Å². The molecule has 0 amide bonds. The second kappa shape index (κ2) is 4.55. The average molecular weight is 207 g/mol. The second-order valence-electron chi connectivity index (χ2n) is 3.76. The zero-order valence-corrected chi connectivity index (χ0v) is 8.98. The van der Waals surface area contributed by atoms with Gasteiger partial charge in [-0.05, 0) is 41.8 Å². The fourth-order valence-electron chi connectivity index (χ4n) is 1.59. The minimum absolute atomic E-state index is 0.798. The van der Waals surface area contributed by atoms with E-state index in [-0.39, 0.29) is 0 Å². The monoisotopic (exact) mass is 207 g/mol. The van der Waals surface area contributed by atoms with E-state index in [9.17, 15) is 0 Å². The van der Waals surface area contributed by atoms with Crippen molar-refractivity contribution in [2.24, 2.45) is 0 Å². The lowest BCUT2D eigenvalue weighted by Crippen LogP contribution is -1.90. The highest BCUT2D eigenvalue weighted by atomic mass is 14.5. The van der Waals surface area contributed by atoms with Crippen LogP contribution in [0, 0.1) is 12.3 Å². The van der Waals surface area contributed by atoms with Gasteiger partial charge in [-0.2, -0.15) is 0 Å². The number of nitrogen functional groups attached to an aromatic ring is 1. The van der Waals surface area contributed by atoms with Crippen molar-refractivity contribution in [2.45, 2.75) is 6.42 Å². The molecule has 2 N–H and O–H groups in total. The summed E-state index contributed by atoms with van der Waals surface area (Å²) in [6.45, 7) is 0. The third kappa shape index (κ3) is 2.43. The highest BCUT2D eigenvalue weighted by Crippen LogP contribution is 2.12. The van der Waals surface area contributed by atoms with Crippen LogP contribution < -0.4 is 5.73 Å². The molecule has 1 nitrogen and oxygen atoms in total. The van der Waals surface area contributed by atoms with Gasteiger partial charge in [0.25, 0.3) is 0 Å². The number of benzene rings is 2. The van der Waals surface area contributed by atoms with E-state index in [4.69, 9.17) is 12.2 Å². The van der Waals surface area contributed by atoms with Gasteiger partial charge in [-0.3, -0.25) is 0 Å². The summed E-state index contributed by atoms with van der Waals surface area (Å²) in [5, 5.41) is 0. The predicted molar refractivity (Wildman–Crippen MR) is 68.0 cm³/mol. The van der Waals surface area contributed by atoms with E-state index in [1.807, 2.05) is 36.4 Å². The third-order valence-electron chi connectivity index (χ3n) is 2.51. The Hall–Kier alpha value is -2.20. The van der Waals surface area contributed by atoms with Gasteiger partial charge in [0.2, 0.25) is 0 Å². The molecule has 2 aromatic rings. The predicted octanol–water partition coefficient (Wildman–Crippen LogP) is 2.84. The van der Waals surface area contributed by atoms with Crippen LogP contribution in [0.3, 0.4) is 0 Å². The second-order valence-corrected chi connectivity index (χ2v) is 3.76. The third-order valence-corrected chi connectivity index (χ3v) is 2.51. The van der Waals surface area contributed by atoms with Gasteiger partial charge in [0, 0.05) is 11.3 Å². The molecular formula is C15H13N. The normalized spacial score (nSPS) is 9.69. The van der Waals surface area contributed by atoms with Crippen molar-refractivity contribution in [3.8, 4) is 12.3 Å². The molecule has 2 aromatic carbocycles. The number of hydrogen-bond acceptors (Lipinski definition) is 1. The molecule has 0 aromatic heterocycles. The number of nitrogens with two attached hydrogens (primary N) is 1. The fourth-order valence-corrected chi connectivity index (χ4v) is 1.59. The first kappa shape index (κ1) is 10.3. The Morgan fingerprint density at radius 3 is 1.88 bits per heavy atom. The van der Waals surface area contributed by atoms with Crippen molar-refractivity contribution in [2.75, 3.05) is 5.73 Å². The van der Waals surface area contributed by atoms with Gasteiger partial charge in [0.15, 0.2) is 0 Å². The van der Waals surface area contributed by atoms with Crippen LogP contribution in [0.2, 0.25) is 0 Å². The zero-order chi connectivity index (χ0) is 11.4. The molecule has 0 aliphatic heterocycles. The summed E-state index contributed by atoms with van der Waals surface area (Å²) in [5.74, 6) is 2.61. The molecule has 2 rings (SSSR count). The molecule has 0 radical (unpaired) electrons. The molecule has 0 spiro atoms. The molecule has 0 aliphatic carbocycles. The Kier molecular flexibility index (Phi) is 2.93. The first-order valence-electron chi connectivity index (χ1n) is 5.18. The van der Waals surface area contributed by atoms with Crippen LogP contribution in [-0.2, 0) is 6.42 Å². The SMILES string of the molecule is C#Cc1ccc(Cc2ccc(N)cc2)cc1. The Balaban J connectivity index is 2.15.